The number of nitrogens with one attached hydrogen (secondary N) is 1. The van der Waals surface area contributed by atoms with E-state index in [1.54, 1.807) is 0 Å². The number of aromatic carboxylic acids is 1. The average molecular weight is 240 g/mol. The Balaban J connectivity index is 2.24. The first kappa shape index (κ1) is 11.0. The van der Waals surface area contributed by atoms with Crippen molar-refractivity contribution < 1.29 is 14.7 Å². The van der Waals surface area contributed by atoms with Crippen LogP contribution in [0.1, 0.15) is 33.6 Å². The van der Waals surface area contributed by atoms with Crippen LogP contribution in [-0.2, 0) is 0 Å². The van der Waals surface area contributed by atoms with Crippen molar-refractivity contribution in [2.75, 3.05) is 0 Å². The molecule has 0 radical (unpaired) electrons. The number of benzene rings is 1. The first-order valence-electron chi connectivity index (χ1n) is 4.91. The topological polar surface area (TPSA) is 66.4 Å². The van der Waals surface area contributed by atoms with Crippen molar-refractivity contribution in [3.63, 3.8) is 0 Å². The summed E-state index contributed by atoms with van der Waals surface area (Å²) in [5.41, 5.74) is 0.310. The van der Waals surface area contributed by atoms with Gasteiger partial charge in [-0.05, 0) is 31.0 Å². The third-order valence-corrected chi connectivity index (χ3v) is 2.54. The zero-order valence-electron chi connectivity index (χ0n) is 8.37. The number of amides is 1. The molecule has 1 aliphatic rings. The van der Waals surface area contributed by atoms with E-state index in [-0.39, 0.29) is 28.1 Å². The lowest BCUT2D eigenvalue weighted by Crippen LogP contribution is -2.25. The maximum absolute atomic E-state index is 11.7. The van der Waals surface area contributed by atoms with Crippen molar-refractivity contribution in [2.24, 2.45) is 0 Å². The molecule has 16 heavy (non-hydrogen) atoms. The van der Waals surface area contributed by atoms with E-state index in [0.29, 0.717) is 0 Å². The van der Waals surface area contributed by atoms with Crippen LogP contribution in [0.25, 0.3) is 0 Å². The molecular weight excluding hydrogens is 230 g/mol. The van der Waals surface area contributed by atoms with Crippen LogP contribution in [-0.4, -0.2) is 23.0 Å². The Morgan fingerprint density at radius 1 is 1.25 bits per heavy atom. The predicted molar refractivity (Wildman–Crippen MR) is 58.9 cm³/mol. The van der Waals surface area contributed by atoms with Gasteiger partial charge in [0.1, 0.15) is 0 Å². The van der Waals surface area contributed by atoms with E-state index >= 15 is 0 Å². The molecule has 2 N–H and O–H groups in total. The normalized spacial score (nSPS) is 14.6. The maximum Gasteiger partial charge on any atom is 0.335 e. The lowest BCUT2D eigenvalue weighted by atomic mass is 10.1. The summed E-state index contributed by atoms with van der Waals surface area (Å²) in [5.74, 6) is -1.37. The molecule has 0 unspecified atom stereocenters. The van der Waals surface area contributed by atoms with Crippen molar-refractivity contribution in [2.45, 2.75) is 18.9 Å². The van der Waals surface area contributed by atoms with Gasteiger partial charge in [-0.3, -0.25) is 4.79 Å². The molecule has 0 spiro atoms. The number of carboxylic acid groups (broad SMARTS) is 1. The summed E-state index contributed by atoms with van der Waals surface area (Å²) < 4.78 is 0. The van der Waals surface area contributed by atoms with Gasteiger partial charge in [-0.25, -0.2) is 4.79 Å². The van der Waals surface area contributed by atoms with Gasteiger partial charge in [-0.2, -0.15) is 0 Å². The van der Waals surface area contributed by atoms with Crippen molar-refractivity contribution in [3.8, 4) is 0 Å². The van der Waals surface area contributed by atoms with E-state index in [1.807, 2.05) is 0 Å². The van der Waals surface area contributed by atoms with Gasteiger partial charge in [0.05, 0.1) is 5.56 Å². The molecule has 1 aromatic rings. The second-order valence-corrected chi connectivity index (χ2v) is 4.22. The van der Waals surface area contributed by atoms with Gasteiger partial charge in [0, 0.05) is 16.6 Å². The van der Waals surface area contributed by atoms with Crippen molar-refractivity contribution >= 4 is 23.5 Å². The fourth-order valence-electron chi connectivity index (χ4n) is 1.34. The van der Waals surface area contributed by atoms with Crippen molar-refractivity contribution in [1.82, 2.24) is 5.32 Å². The fourth-order valence-corrected chi connectivity index (χ4v) is 1.58. The van der Waals surface area contributed by atoms with E-state index in [0.717, 1.165) is 12.8 Å². The van der Waals surface area contributed by atoms with Crippen LogP contribution in [0.3, 0.4) is 0 Å². The molecule has 0 atom stereocenters. The largest absolute Gasteiger partial charge is 0.478 e. The highest BCUT2D eigenvalue weighted by molar-refractivity contribution is 6.31. The number of halogens is 1. The van der Waals surface area contributed by atoms with Gasteiger partial charge in [0.15, 0.2) is 0 Å². The van der Waals surface area contributed by atoms with E-state index in [2.05, 4.69) is 5.32 Å². The van der Waals surface area contributed by atoms with E-state index < -0.39 is 5.97 Å². The monoisotopic (exact) mass is 239 g/mol. The molecule has 0 aromatic heterocycles. The lowest BCUT2D eigenvalue weighted by Gasteiger charge is -2.05. The van der Waals surface area contributed by atoms with Crippen LogP contribution >= 0.6 is 11.6 Å². The van der Waals surface area contributed by atoms with Gasteiger partial charge in [-0.1, -0.05) is 11.6 Å². The summed E-state index contributed by atoms with van der Waals surface area (Å²) >= 11 is 5.75. The first-order valence-corrected chi connectivity index (χ1v) is 5.29. The minimum atomic E-state index is -1.09. The second kappa shape index (κ2) is 4.14. The van der Waals surface area contributed by atoms with E-state index in [9.17, 15) is 9.59 Å². The molecule has 0 bridgehead atoms. The molecule has 1 amide bonds. The highest BCUT2D eigenvalue weighted by Crippen LogP contribution is 2.20. The van der Waals surface area contributed by atoms with E-state index in [4.69, 9.17) is 16.7 Å². The summed E-state index contributed by atoms with van der Waals surface area (Å²) in [4.78, 5) is 22.4. The molecular formula is C11H10ClNO3. The zero-order chi connectivity index (χ0) is 11.7. The number of carbonyl (C=O) groups excluding carboxylic acids is 1. The highest BCUT2D eigenvalue weighted by Gasteiger charge is 2.24. The van der Waals surface area contributed by atoms with Gasteiger partial charge in [0.2, 0.25) is 0 Å². The standard InChI is InChI=1S/C11H10ClNO3/c12-8-4-6(3-7(5-8)11(15)16)10(14)13-9-1-2-9/h3-5,9H,1-2H2,(H,13,14)(H,15,16). The summed E-state index contributed by atoms with van der Waals surface area (Å²) in [6.07, 6.45) is 1.97. The van der Waals surface area contributed by atoms with Crippen LogP contribution in [0.4, 0.5) is 0 Å². The van der Waals surface area contributed by atoms with Gasteiger partial charge in [0.25, 0.3) is 5.91 Å². The smallest absolute Gasteiger partial charge is 0.335 e. The Hall–Kier alpha value is -1.55. The lowest BCUT2D eigenvalue weighted by molar-refractivity contribution is 0.0697. The predicted octanol–water partition coefficient (Wildman–Crippen LogP) is 1.93. The summed E-state index contributed by atoms with van der Waals surface area (Å²) in [6, 6.07) is 4.34. The SMILES string of the molecule is O=C(O)c1cc(Cl)cc(C(=O)NC2CC2)c1. The molecule has 0 saturated heterocycles. The molecule has 0 aliphatic heterocycles. The van der Waals surface area contributed by atoms with Gasteiger partial charge >= 0.3 is 5.97 Å². The van der Waals surface area contributed by atoms with E-state index in [1.165, 1.54) is 18.2 Å². The van der Waals surface area contributed by atoms with Crippen molar-refractivity contribution in [1.29, 1.82) is 0 Å². The molecule has 2 rings (SSSR count). The third-order valence-electron chi connectivity index (χ3n) is 2.32. The second-order valence-electron chi connectivity index (χ2n) is 3.78. The van der Waals surface area contributed by atoms with Gasteiger partial charge < -0.3 is 10.4 Å². The number of rotatable bonds is 3. The highest BCUT2D eigenvalue weighted by atomic mass is 35.5. The Kier molecular flexibility index (Phi) is 2.83. The Morgan fingerprint density at radius 3 is 2.44 bits per heavy atom. The molecule has 1 saturated carbocycles. The number of carbonyl (C=O) groups is 2. The molecule has 1 aromatic carbocycles. The molecule has 84 valence electrons. The van der Waals surface area contributed by atoms with Crippen LogP contribution < -0.4 is 5.32 Å². The fraction of sp³-hybridized carbons (Fsp3) is 0.273. The molecule has 0 heterocycles. The first-order chi connectivity index (χ1) is 7.56. The summed E-state index contributed by atoms with van der Waals surface area (Å²) in [7, 11) is 0. The quantitative estimate of drug-likeness (QED) is 0.847. The minimum Gasteiger partial charge on any atom is -0.478 e. The molecule has 1 aliphatic carbocycles. The third kappa shape index (κ3) is 2.52. The number of hydrogen-bond donors (Lipinski definition) is 2. The summed E-state index contributed by atoms with van der Waals surface area (Å²) in [6.45, 7) is 0. The minimum absolute atomic E-state index is 0.0217. The molecule has 5 heteroatoms. The Bertz CT molecular complexity index is 455. The number of carboxylic acids is 1. The number of hydrogen-bond acceptors (Lipinski definition) is 2. The summed E-state index contributed by atoms with van der Waals surface area (Å²) in [5, 5.41) is 11.8. The Morgan fingerprint density at radius 2 is 1.88 bits per heavy atom. The zero-order valence-corrected chi connectivity index (χ0v) is 9.12. The van der Waals surface area contributed by atoms with Crippen LogP contribution in [0, 0.1) is 0 Å². The molecule has 1 fully saturated rings. The van der Waals surface area contributed by atoms with Crippen molar-refractivity contribution in [3.05, 3.63) is 34.3 Å². The van der Waals surface area contributed by atoms with Crippen LogP contribution in [0.15, 0.2) is 18.2 Å². The maximum atomic E-state index is 11.7. The van der Waals surface area contributed by atoms with Gasteiger partial charge in [-0.15, -0.1) is 0 Å². The molecule has 4 nitrogen and oxygen atoms in total. The Labute approximate surface area is 97.2 Å². The van der Waals surface area contributed by atoms with Crippen LogP contribution in [0.5, 0.6) is 0 Å². The average Bonchev–Trinajstić information content (AvgIpc) is 3.00. The van der Waals surface area contributed by atoms with Crippen LogP contribution in [0.2, 0.25) is 5.02 Å².